The van der Waals surface area contributed by atoms with E-state index in [2.05, 4.69) is 50.4 Å². The number of thioether (sulfide) groups is 1. The van der Waals surface area contributed by atoms with E-state index in [4.69, 9.17) is 0 Å². The van der Waals surface area contributed by atoms with Gasteiger partial charge < -0.3 is 5.32 Å². The number of nitrogens with one attached hydrogen (secondary N) is 1. The van der Waals surface area contributed by atoms with Crippen molar-refractivity contribution in [2.24, 2.45) is 11.8 Å². The minimum atomic E-state index is 0.672. The summed E-state index contributed by atoms with van der Waals surface area (Å²) < 4.78 is 0. The Hall–Kier alpha value is -0.630. The minimum absolute atomic E-state index is 0.672. The summed E-state index contributed by atoms with van der Waals surface area (Å²) in [5, 5.41) is 3.82. The molecule has 1 aliphatic carbocycles. The summed E-state index contributed by atoms with van der Waals surface area (Å²) in [7, 11) is 0. The minimum Gasteiger partial charge on any atom is -0.381 e. The van der Waals surface area contributed by atoms with Crippen LogP contribution in [0, 0.1) is 11.8 Å². The third-order valence-electron chi connectivity index (χ3n) is 4.13. The molecule has 2 atom stereocenters. The largest absolute Gasteiger partial charge is 0.381 e. The molecular weight excluding hydrogens is 262 g/mol. The quantitative estimate of drug-likeness (QED) is 0.663. The summed E-state index contributed by atoms with van der Waals surface area (Å²) in [6, 6.07) is 9.45. The third kappa shape index (κ3) is 4.73. The van der Waals surface area contributed by atoms with Gasteiger partial charge in [0, 0.05) is 16.6 Å². The topological polar surface area (TPSA) is 12.0 Å². The zero-order valence-electron chi connectivity index (χ0n) is 13.2. The molecular formula is C18H29NS. The van der Waals surface area contributed by atoms with E-state index in [0.29, 0.717) is 6.04 Å². The summed E-state index contributed by atoms with van der Waals surface area (Å²) in [6.45, 7) is 6.93. The monoisotopic (exact) mass is 291 g/mol. The third-order valence-corrected chi connectivity index (χ3v) is 5.09. The standard InChI is InChI=1S/C18H29NS/c1-4-20-18-11-6-5-10-17(18)19-16-9-7-8-15(13-16)12-14(2)3/h5-6,10-11,14-16,19H,4,7-9,12-13H2,1-3H3. The first-order valence-corrected chi connectivity index (χ1v) is 9.16. The first-order valence-electron chi connectivity index (χ1n) is 8.17. The summed E-state index contributed by atoms with van der Waals surface area (Å²) in [6.07, 6.45) is 6.90. The van der Waals surface area contributed by atoms with Gasteiger partial charge in [-0.15, -0.1) is 11.8 Å². The first-order chi connectivity index (χ1) is 9.69. The second-order valence-corrected chi connectivity index (χ2v) is 7.74. The van der Waals surface area contributed by atoms with Crippen LogP contribution in [0.4, 0.5) is 5.69 Å². The lowest BCUT2D eigenvalue weighted by Crippen LogP contribution is -2.28. The van der Waals surface area contributed by atoms with Crippen LogP contribution >= 0.6 is 11.8 Å². The molecule has 2 unspecified atom stereocenters. The lowest BCUT2D eigenvalue weighted by atomic mass is 9.81. The van der Waals surface area contributed by atoms with Crippen LogP contribution in [0.1, 0.15) is 52.9 Å². The number of benzene rings is 1. The first kappa shape index (κ1) is 15.8. The Morgan fingerprint density at radius 3 is 2.80 bits per heavy atom. The van der Waals surface area contributed by atoms with E-state index < -0.39 is 0 Å². The molecule has 0 aromatic heterocycles. The van der Waals surface area contributed by atoms with Gasteiger partial charge in [-0.05, 0) is 49.0 Å². The molecule has 0 heterocycles. The number of rotatable bonds is 6. The predicted octanol–water partition coefficient (Wildman–Crippen LogP) is 5.82. The van der Waals surface area contributed by atoms with Gasteiger partial charge in [0.05, 0.1) is 0 Å². The van der Waals surface area contributed by atoms with Crippen LogP contribution in [-0.2, 0) is 0 Å². The average molecular weight is 292 g/mol. The van der Waals surface area contributed by atoms with Gasteiger partial charge >= 0.3 is 0 Å². The van der Waals surface area contributed by atoms with E-state index in [1.54, 1.807) is 0 Å². The molecule has 0 spiro atoms. The van der Waals surface area contributed by atoms with Crippen molar-refractivity contribution >= 4 is 17.4 Å². The lowest BCUT2D eigenvalue weighted by molar-refractivity contribution is 0.289. The van der Waals surface area contributed by atoms with E-state index >= 15 is 0 Å². The Labute approximate surface area is 128 Å². The van der Waals surface area contributed by atoms with Crippen LogP contribution in [0.3, 0.4) is 0 Å². The number of anilines is 1. The fraction of sp³-hybridized carbons (Fsp3) is 0.667. The van der Waals surface area contributed by atoms with Gasteiger partial charge in [-0.3, -0.25) is 0 Å². The van der Waals surface area contributed by atoms with E-state index in [9.17, 15) is 0 Å². The molecule has 20 heavy (non-hydrogen) atoms. The van der Waals surface area contributed by atoms with Gasteiger partial charge in [0.15, 0.2) is 0 Å². The van der Waals surface area contributed by atoms with Gasteiger partial charge in [0.1, 0.15) is 0 Å². The fourth-order valence-corrected chi connectivity index (χ4v) is 4.16. The number of hydrogen-bond acceptors (Lipinski definition) is 2. The SMILES string of the molecule is CCSc1ccccc1NC1CCCC(CC(C)C)C1. The predicted molar refractivity (Wildman–Crippen MR) is 91.7 cm³/mol. The van der Waals surface area contributed by atoms with Gasteiger partial charge in [0.2, 0.25) is 0 Å². The Bertz CT molecular complexity index is 402. The van der Waals surface area contributed by atoms with Gasteiger partial charge in [-0.2, -0.15) is 0 Å². The highest BCUT2D eigenvalue weighted by molar-refractivity contribution is 7.99. The normalized spacial score (nSPS) is 23.0. The van der Waals surface area contributed by atoms with Crippen LogP contribution in [0.25, 0.3) is 0 Å². The van der Waals surface area contributed by atoms with Crippen LogP contribution in [-0.4, -0.2) is 11.8 Å². The molecule has 1 N–H and O–H groups in total. The van der Waals surface area contributed by atoms with Crippen LogP contribution in [0.2, 0.25) is 0 Å². The molecule has 0 saturated heterocycles. The summed E-state index contributed by atoms with van der Waals surface area (Å²) in [4.78, 5) is 1.40. The Balaban J connectivity index is 1.95. The molecule has 1 aromatic rings. The maximum Gasteiger partial charge on any atom is 0.0480 e. The van der Waals surface area contributed by atoms with E-state index in [1.807, 2.05) is 11.8 Å². The van der Waals surface area contributed by atoms with E-state index in [0.717, 1.165) is 17.6 Å². The van der Waals surface area contributed by atoms with Crippen molar-refractivity contribution in [3.05, 3.63) is 24.3 Å². The van der Waals surface area contributed by atoms with Gasteiger partial charge in [-0.1, -0.05) is 45.7 Å². The second-order valence-electron chi connectivity index (χ2n) is 6.43. The zero-order chi connectivity index (χ0) is 14.4. The molecule has 0 aliphatic heterocycles. The highest BCUT2D eigenvalue weighted by Gasteiger charge is 2.22. The van der Waals surface area contributed by atoms with Crippen molar-refractivity contribution in [1.29, 1.82) is 0 Å². The molecule has 0 bridgehead atoms. The van der Waals surface area contributed by atoms with Gasteiger partial charge in [0.25, 0.3) is 0 Å². The molecule has 1 aromatic carbocycles. The molecule has 1 fully saturated rings. The van der Waals surface area contributed by atoms with Crippen molar-refractivity contribution in [1.82, 2.24) is 0 Å². The van der Waals surface area contributed by atoms with Crippen molar-refractivity contribution < 1.29 is 0 Å². The molecule has 0 radical (unpaired) electrons. The highest BCUT2D eigenvalue weighted by Crippen LogP contribution is 2.33. The van der Waals surface area contributed by atoms with E-state index in [-0.39, 0.29) is 0 Å². The van der Waals surface area contributed by atoms with Crippen molar-refractivity contribution in [2.45, 2.75) is 63.8 Å². The Morgan fingerprint density at radius 2 is 2.05 bits per heavy atom. The van der Waals surface area contributed by atoms with Crippen LogP contribution in [0.5, 0.6) is 0 Å². The number of hydrogen-bond donors (Lipinski definition) is 1. The zero-order valence-corrected chi connectivity index (χ0v) is 14.0. The smallest absolute Gasteiger partial charge is 0.0480 e. The summed E-state index contributed by atoms with van der Waals surface area (Å²) in [5.41, 5.74) is 1.34. The summed E-state index contributed by atoms with van der Waals surface area (Å²) in [5.74, 6) is 2.90. The highest BCUT2D eigenvalue weighted by atomic mass is 32.2. The lowest BCUT2D eigenvalue weighted by Gasteiger charge is -2.31. The maximum absolute atomic E-state index is 3.82. The molecule has 112 valence electrons. The van der Waals surface area contributed by atoms with Crippen molar-refractivity contribution in [2.75, 3.05) is 11.1 Å². The maximum atomic E-state index is 3.82. The average Bonchev–Trinajstić information content (AvgIpc) is 2.41. The van der Waals surface area contributed by atoms with Crippen molar-refractivity contribution in [3.63, 3.8) is 0 Å². The molecule has 1 aliphatic rings. The van der Waals surface area contributed by atoms with E-state index in [1.165, 1.54) is 42.7 Å². The molecule has 1 saturated carbocycles. The second kappa shape index (κ2) is 7.97. The fourth-order valence-electron chi connectivity index (χ4n) is 3.39. The molecule has 1 nitrogen and oxygen atoms in total. The van der Waals surface area contributed by atoms with Crippen LogP contribution in [0.15, 0.2) is 29.2 Å². The van der Waals surface area contributed by atoms with Crippen molar-refractivity contribution in [3.8, 4) is 0 Å². The molecule has 2 heteroatoms. The Kier molecular flexibility index (Phi) is 6.28. The van der Waals surface area contributed by atoms with Crippen LogP contribution < -0.4 is 5.32 Å². The van der Waals surface area contributed by atoms with Gasteiger partial charge in [-0.25, -0.2) is 0 Å². The number of para-hydroxylation sites is 1. The Morgan fingerprint density at radius 1 is 1.25 bits per heavy atom. The summed E-state index contributed by atoms with van der Waals surface area (Å²) >= 11 is 1.94. The molecule has 2 rings (SSSR count). The molecule has 0 amide bonds.